The van der Waals surface area contributed by atoms with E-state index in [-0.39, 0.29) is 11.0 Å². The van der Waals surface area contributed by atoms with Gasteiger partial charge in [0.25, 0.3) is 0 Å². The second-order valence-corrected chi connectivity index (χ2v) is 7.63. The number of aromatic nitrogens is 1. The van der Waals surface area contributed by atoms with Crippen molar-refractivity contribution < 1.29 is 9.21 Å². The number of hydrogen-bond donors (Lipinski definition) is 2. The van der Waals surface area contributed by atoms with Crippen LogP contribution in [0.3, 0.4) is 0 Å². The maximum Gasteiger partial charge on any atom is 0.228 e. The summed E-state index contributed by atoms with van der Waals surface area (Å²) in [4.78, 5) is 16.3. The zero-order chi connectivity index (χ0) is 20.3. The molecule has 3 aromatic rings. The van der Waals surface area contributed by atoms with E-state index in [1.54, 1.807) is 18.2 Å². The van der Waals surface area contributed by atoms with Gasteiger partial charge >= 0.3 is 0 Å². The van der Waals surface area contributed by atoms with Gasteiger partial charge in [0.1, 0.15) is 5.52 Å². The molecule has 0 aliphatic heterocycles. The summed E-state index contributed by atoms with van der Waals surface area (Å²) in [5, 5.41) is 6.31. The minimum absolute atomic E-state index is 0.183. The molecule has 2 aromatic carbocycles. The molecule has 0 aliphatic rings. The van der Waals surface area contributed by atoms with E-state index in [1.165, 1.54) is 0 Å². The molecule has 146 valence electrons. The monoisotopic (exact) mass is 435 g/mol. The number of thiocarbonyl (C=S) groups is 1. The Morgan fingerprint density at radius 1 is 1.25 bits per heavy atom. The van der Waals surface area contributed by atoms with Crippen LogP contribution in [0.1, 0.15) is 24.0 Å². The van der Waals surface area contributed by atoms with E-state index >= 15 is 0 Å². The van der Waals surface area contributed by atoms with Crippen molar-refractivity contribution in [2.45, 2.75) is 26.7 Å². The lowest BCUT2D eigenvalue weighted by Gasteiger charge is -2.10. The van der Waals surface area contributed by atoms with Crippen molar-refractivity contribution >= 4 is 63.2 Å². The van der Waals surface area contributed by atoms with E-state index in [0.29, 0.717) is 40.9 Å². The molecule has 0 atom stereocenters. The maximum absolute atomic E-state index is 11.8. The van der Waals surface area contributed by atoms with Gasteiger partial charge in [0, 0.05) is 18.0 Å². The molecular weight excluding hydrogens is 417 g/mol. The minimum Gasteiger partial charge on any atom is -0.436 e. The van der Waals surface area contributed by atoms with Gasteiger partial charge in [-0.3, -0.25) is 4.79 Å². The van der Waals surface area contributed by atoms with E-state index in [0.717, 1.165) is 22.2 Å². The molecule has 0 saturated heterocycles. The molecule has 2 N–H and O–H groups in total. The van der Waals surface area contributed by atoms with Gasteiger partial charge in [-0.15, -0.1) is 11.6 Å². The van der Waals surface area contributed by atoms with Gasteiger partial charge in [-0.1, -0.05) is 17.7 Å². The van der Waals surface area contributed by atoms with Crippen molar-refractivity contribution in [3.8, 4) is 11.5 Å². The molecule has 0 unspecified atom stereocenters. The van der Waals surface area contributed by atoms with Crippen molar-refractivity contribution in [2.24, 2.45) is 0 Å². The van der Waals surface area contributed by atoms with E-state index in [4.69, 9.17) is 39.8 Å². The number of amides is 1. The fourth-order valence-electron chi connectivity index (χ4n) is 2.84. The summed E-state index contributed by atoms with van der Waals surface area (Å²) in [5.74, 6) is 0.670. The van der Waals surface area contributed by atoms with Crippen LogP contribution in [-0.2, 0) is 4.79 Å². The summed E-state index contributed by atoms with van der Waals surface area (Å²) in [6.07, 6.45) is 0.913. The number of nitrogens with zero attached hydrogens (tertiary/aromatic N) is 1. The Hall–Kier alpha value is -2.15. The van der Waals surface area contributed by atoms with Crippen molar-refractivity contribution in [3.63, 3.8) is 0 Å². The lowest BCUT2D eigenvalue weighted by atomic mass is 10.1. The standard InChI is InChI=1S/C20H19Cl2N3O2S/c1-11-8-12(2)18-16(9-11)24-19(27-18)14-10-13(5-6-15(14)22)23-20(28)25-17(26)4-3-7-21/h5-6,8-10H,3-4,7H2,1-2H3,(H2,23,25,26,28). The average molecular weight is 436 g/mol. The van der Waals surface area contributed by atoms with Crippen LogP contribution in [0.2, 0.25) is 5.02 Å². The Bertz CT molecular complexity index is 1050. The largest absolute Gasteiger partial charge is 0.436 e. The van der Waals surface area contributed by atoms with Crippen LogP contribution in [0.5, 0.6) is 0 Å². The summed E-state index contributed by atoms with van der Waals surface area (Å²) >= 11 is 17.2. The van der Waals surface area contributed by atoms with Crippen LogP contribution in [0.4, 0.5) is 5.69 Å². The Kier molecular flexibility index (Phi) is 6.54. The van der Waals surface area contributed by atoms with Crippen molar-refractivity contribution in [2.75, 3.05) is 11.2 Å². The topological polar surface area (TPSA) is 67.2 Å². The van der Waals surface area contributed by atoms with Crippen LogP contribution < -0.4 is 10.6 Å². The second kappa shape index (κ2) is 8.90. The number of benzene rings is 2. The predicted octanol–water partition coefficient (Wildman–Crippen LogP) is 5.60. The van der Waals surface area contributed by atoms with Crippen LogP contribution in [0.15, 0.2) is 34.7 Å². The molecule has 1 aromatic heterocycles. The molecule has 0 aliphatic carbocycles. The van der Waals surface area contributed by atoms with Crippen LogP contribution >= 0.6 is 35.4 Å². The molecular formula is C20H19Cl2N3O2S. The average Bonchev–Trinajstić information content (AvgIpc) is 3.05. The first-order valence-electron chi connectivity index (χ1n) is 8.72. The van der Waals surface area contributed by atoms with Crippen LogP contribution in [0, 0.1) is 13.8 Å². The molecule has 1 amide bonds. The molecule has 0 saturated carbocycles. The highest BCUT2D eigenvalue weighted by Gasteiger charge is 2.15. The lowest BCUT2D eigenvalue weighted by Crippen LogP contribution is -2.33. The molecule has 8 heteroatoms. The molecule has 28 heavy (non-hydrogen) atoms. The fourth-order valence-corrected chi connectivity index (χ4v) is 3.40. The van der Waals surface area contributed by atoms with E-state index in [2.05, 4.69) is 15.6 Å². The summed E-state index contributed by atoms with van der Waals surface area (Å²) in [5.41, 5.74) is 4.94. The number of nitrogens with one attached hydrogen (secondary N) is 2. The van der Waals surface area contributed by atoms with Crippen molar-refractivity contribution in [1.29, 1.82) is 0 Å². The lowest BCUT2D eigenvalue weighted by molar-refractivity contribution is -0.119. The van der Waals surface area contributed by atoms with Gasteiger partial charge in [-0.25, -0.2) is 4.98 Å². The number of rotatable bonds is 5. The normalized spacial score (nSPS) is 10.9. The minimum atomic E-state index is -0.183. The SMILES string of the molecule is Cc1cc(C)c2oc(-c3cc(NC(=S)NC(=O)CCCCl)ccc3Cl)nc2c1. The van der Waals surface area contributed by atoms with E-state index in [1.807, 2.05) is 26.0 Å². The number of fused-ring (bicyclic) bond motifs is 1. The van der Waals surface area contributed by atoms with Crippen LogP contribution in [0.25, 0.3) is 22.6 Å². The number of anilines is 1. The van der Waals surface area contributed by atoms with Crippen molar-refractivity contribution in [3.05, 3.63) is 46.5 Å². The third-order valence-corrected chi connectivity index (χ3v) is 4.87. The Morgan fingerprint density at radius 2 is 2.04 bits per heavy atom. The van der Waals surface area contributed by atoms with Gasteiger partial charge in [-0.2, -0.15) is 0 Å². The molecule has 1 heterocycles. The molecule has 0 radical (unpaired) electrons. The highest BCUT2D eigenvalue weighted by molar-refractivity contribution is 7.80. The number of hydrogen-bond acceptors (Lipinski definition) is 4. The fraction of sp³-hybridized carbons (Fsp3) is 0.250. The third kappa shape index (κ3) is 4.82. The maximum atomic E-state index is 11.8. The number of carbonyl (C=O) groups is 1. The number of aryl methyl sites for hydroxylation is 2. The zero-order valence-corrected chi connectivity index (χ0v) is 17.8. The smallest absolute Gasteiger partial charge is 0.228 e. The highest BCUT2D eigenvalue weighted by Crippen LogP contribution is 2.33. The molecule has 5 nitrogen and oxygen atoms in total. The second-order valence-electron chi connectivity index (χ2n) is 6.44. The van der Waals surface area contributed by atoms with Gasteiger partial charge in [0.15, 0.2) is 10.7 Å². The molecule has 0 fully saturated rings. The van der Waals surface area contributed by atoms with Gasteiger partial charge in [0.2, 0.25) is 11.8 Å². The quantitative estimate of drug-likeness (QED) is 0.403. The Labute approximate surface area is 178 Å². The number of alkyl halides is 1. The van der Waals surface area contributed by atoms with Crippen LogP contribution in [-0.4, -0.2) is 21.9 Å². The van der Waals surface area contributed by atoms with Gasteiger partial charge in [0.05, 0.1) is 10.6 Å². The molecule has 3 rings (SSSR count). The Balaban J connectivity index is 1.83. The van der Waals surface area contributed by atoms with Gasteiger partial charge < -0.3 is 15.1 Å². The first-order chi connectivity index (χ1) is 13.4. The summed E-state index contributed by atoms with van der Waals surface area (Å²) < 4.78 is 5.95. The number of carbonyl (C=O) groups excluding carboxylic acids is 1. The first-order valence-corrected chi connectivity index (χ1v) is 10.0. The van der Waals surface area contributed by atoms with E-state index < -0.39 is 0 Å². The van der Waals surface area contributed by atoms with Gasteiger partial charge in [-0.05, 0) is 67.9 Å². The number of halogens is 2. The molecule has 0 spiro atoms. The summed E-state index contributed by atoms with van der Waals surface area (Å²) in [6, 6.07) is 9.29. The molecule has 0 bridgehead atoms. The highest BCUT2D eigenvalue weighted by atomic mass is 35.5. The third-order valence-electron chi connectivity index (χ3n) is 4.07. The summed E-state index contributed by atoms with van der Waals surface area (Å²) in [7, 11) is 0. The zero-order valence-electron chi connectivity index (χ0n) is 15.4. The Morgan fingerprint density at radius 3 is 2.79 bits per heavy atom. The summed E-state index contributed by atoms with van der Waals surface area (Å²) in [6.45, 7) is 4.00. The van der Waals surface area contributed by atoms with Crippen molar-refractivity contribution in [1.82, 2.24) is 10.3 Å². The first kappa shape index (κ1) is 20.6. The number of oxazole rings is 1. The van der Waals surface area contributed by atoms with E-state index in [9.17, 15) is 4.79 Å². The predicted molar refractivity (Wildman–Crippen MR) is 118 cm³/mol.